The Balaban J connectivity index is 1.31. The van der Waals surface area contributed by atoms with E-state index in [9.17, 15) is 9.59 Å². The Morgan fingerprint density at radius 2 is 1.75 bits per heavy atom. The third-order valence-corrected chi connectivity index (χ3v) is 6.15. The summed E-state index contributed by atoms with van der Waals surface area (Å²) in [5, 5.41) is 2.79. The predicted molar refractivity (Wildman–Crippen MR) is 91.3 cm³/mol. The molecular weight excluding hydrogens is 302 g/mol. The van der Waals surface area contributed by atoms with Crippen molar-refractivity contribution in [2.24, 2.45) is 29.6 Å². The van der Waals surface area contributed by atoms with E-state index < -0.39 is 0 Å². The third kappa shape index (κ3) is 3.06. The molecule has 1 aromatic rings. The van der Waals surface area contributed by atoms with Gasteiger partial charge in [0, 0.05) is 5.69 Å². The number of hydrogen-bond acceptors (Lipinski definition) is 3. The predicted octanol–water partition coefficient (Wildman–Crippen LogP) is 3.55. The van der Waals surface area contributed by atoms with Gasteiger partial charge in [-0.15, -0.1) is 0 Å². The molecule has 4 nitrogen and oxygen atoms in total. The van der Waals surface area contributed by atoms with Gasteiger partial charge >= 0.3 is 5.97 Å². The molecule has 0 spiro atoms. The zero-order chi connectivity index (χ0) is 16.7. The Hall–Kier alpha value is -1.84. The summed E-state index contributed by atoms with van der Waals surface area (Å²) in [5.74, 6) is 2.27. The molecular formula is C20H25NO3. The zero-order valence-electron chi connectivity index (χ0n) is 14.2. The van der Waals surface area contributed by atoms with Crippen molar-refractivity contribution in [2.45, 2.75) is 39.0 Å². The Bertz CT molecular complexity index is 626. The quantitative estimate of drug-likeness (QED) is 0.861. The van der Waals surface area contributed by atoms with Gasteiger partial charge in [0.25, 0.3) is 5.91 Å². The monoisotopic (exact) mass is 327 g/mol. The molecule has 4 fully saturated rings. The van der Waals surface area contributed by atoms with E-state index in [-0.39, 0.29) is 24.4 Å². The van der Waals surface area contributed by atoms with Gasteiger partial charge in [-0.3, -0.25) is 9.59 Å². The van der Waals surface area contributed by atoms with Gasteiger partial charge in [0.1, 0.15) is 0 Å². The maximum atomic E-state index is 12.5. The highest BCUT2D eigenvalue weighted by Gasteiger charge is 2.51. The molecule has 4 saturated carbocycles. The van der Waals surface area contributed by atoms with E-state index in [2.05, 4.69) is 5.32 Å². The Morgan fingerprint density at radius 3 is 2.38 bits per heavy atom. The van der Waals surface area contributed by atoms with Crippen LogP contribution in [0.5, 0.6) is 0 Å². The summed E-state index contributed by atoms with van der Waals surface area (Å²) in [5.41, 5.74) is 1.82. The molecule has 5 rings (SSSR count). The van der Waals surface area contributed by atoms with Crippen molar-refractivity contribution in [2.75, 3.05) is 11.9 Å². The van der Waals surface area contributed by atoms with Crippen LogP contribution in [0.2, 0.25) is 0 Å². The van der Waals surface area contributed by atoms with Crippen LogP contribution < -0.4 is 5.32 Å². The van der Waals surface area contributed by atoms with Crippen molar-refractivity contribution >= 4 is 17.6 Å². The van der Waals surface area contributed by atoms with Crippen LogP contribution in [0.1, 0.15) is 37.7 Å². The minimum atomic E-state index is -0.266. The summed E-state index contributed by atoms with van der Waals surface area (Å²) < 4.78 is 5.38. The number of nitrogens with one attached hydrogen (secondary N) is 1. The van der Waals surface area contributed by atoms with E-state index in [0.29, 0.717) is 11.8 Å². The molecule has 0 atom stereocenters. The number of carbonyl (C=O) groups is 2. The van der Waals surface area contributed by atoms with Gasteiger partial charge in [0.05, 0.1) is 5.92 Å². The Kier molecular flexibility index (Phi) is 4.07. The zero-order valence-corrected chi connectivity index (χ0v) is 14.2. The molecule has 0 radical (unpaired) electrons. The van der Waals surface area contributed by atoms with Crippen LogP contribution in [0, 0.1) is 36.5 Å². The largest absolute Gasteiger partial charge is 0.455 e. The molecule has 24 heavy (non-hydrogen) atoms. The van der Waals surface area contributed by atoms with Gasteiger partial charge in [-0.1, -0.05) is 12.1 Å². The van der Waals surface area contributed by atoms with Crippen LogP contribution in [0.25, 0.3) is 0 Å². The Morgan fingerprint density at radius 1 is 1.08 bits per heavy atom. The lowest BCUT2D eigenvalue weighted by molar-refractivity contribution is -0.164. The molecule has 4 heteroatoms. The van der Waals surface area contributed by atoms with Crippen LogP contribution >= 0.6 is 0 Å². The lowest BCUT2D eigenvalue weighted by Gasteiger charge is -2.53. The van der Waals surface area contributed by atoms with Crippen molar-refractivity contribution in [1.29, 1.82) is 0 Å². The molecule has 0 unspecified atom stereocenters. The van der Waals surface area contributed by atoms with Gasteiger partial charge in [-0.25, -0.2) is 0 Å². The number of benzene rings is 1. The first-order valence-corrected chi connectivity index (χ1v) is 9.11. The molecule has 4 bridgehead atoms. The lowest BCUT2D eigenvalue weighted by atomic mass is 9.52. The van der Waals surface area contributed by atoms with Gasteiger partial charge in [0.15, 0.2) is 6.61 Å². The fourth-order valence-electron chi connectivity index (χ4n) is 5.46. The van der Waals surface area contributed by atoms with Crippen molar-refractivity contribution < 1.29 is 14.3 Å². The fraction of sp³-hybridized carbons (Fsp3) is 0.600. The average molecular weight is 327 g/mol. The molecule has 4 aliphatic rings. The average Bonchev–Trinajstić information content (AvgIpc) is 2.52. The molecule has 1 amide bonds. The molecule has 0 heterocycles. The molecule has 128 valence electrons. The van der Waals surface area contributed by atoms with Crippen LogP contribution in [-0.4, -0.2) is 18.5 Å². The summed E-state index contributed by atoms with van der Waals surface area (Å²) >= 11 is 0. The van der Waals surface area contributed by atoms with Crippen LogP contribution in [0.4, 0.5) is 5.69 Å². The second-order valence-electron chi connectivity index (χ2n) is 7.98. The van der Waals surface area contributed by atoms with Crippen LogP contribution in [0.3, 0.4) is 0 Å². The van der Waals surface area contributed by atoms with E-state index in [1.807, 2.05) is 31.2 Å². The van der Waals surface area contributed by atoms with E-state index in [1.165, 1.54) is 32.1 Å². The summed E-state index contributed by atoms with van der Waals surface area (Å²) in [4.78, 5) is 24.6. The van der Waals surface area contributed by atoms with Crippen molar-refractivity contribution in [3.63, 3.8) is 0 Å². The number of carbonyl (C=O) groups excluding carboxylic acids is 2. The number of ether oxygens (including phenoxy) is 1. The van der Waals surface area contributed by atoms with Crippen molar-refractivity contribution in [3.8, 4) is 0 Å². The molecule has 1 aromatic carbocycles. The highest BCUT2D eigenvalue weighted by atomic mass is 16.5. The number of rotatable bonds is 4. The molecule has 0 aliphatic heterocycles. The first kappa shape index (κ1) is 15.7. The molecule has 1 N–H and O–H groups in total. The highest BCUT2D eigenvalue weighted by Crippen LogP contribution is 2.56. The Labute approximate surface area is 143 Å². The minimum Gasteiger partial charge on any atom is -0.455 e. The topological polar surface area (TPSA) is 55.4 Å². The molecule has 0 saturated heterocycles. The van der Waals surface area contributed by atoms with E-state index >= 15 is 0 Å². The first-order valence-electron chi connectivity index (χ1n) is 9.11. The maximum Gasteiger partial charge on any atom is 0.310 e. The third-order valence-electron chi connectivity index (χ3n) is 6.15. The number of hydrogen-bond donors (Lipinski definition) is 1. The smallest absolute Gasteiger partial charge is 0.310 e. The lowest BCUT2D eigenvalue weighted by Crippen LogP contribution is -2.48. The van der Waals surface area contributed by atoms with Crippen LogP contribution in [0.15, 0.2) is 24.3 Å². The SMILES string of the molecule is Cc1cccc(NC(=O)COC(=O)C2C3CC4CC(C3)CC2C4)c1. The van der Waals surface area contributed by atoms with Crippen molar-refractivity contribution in [1.82, 2.24) is 0 Å². The maximum absolute atomic E-state index is 12.5. The van der Waals surface area contributed by atoms with Gasteiger partial charge in [0.2, 0.25) is 0 Å². The second kappa shape index (κ2) is 6.23. The number of amides is 1. The number of anilines is 1. The fourth-order valence-corrected chi connectivity index (χ4v) is 5.46. The normalized spacial score (nSPS) is 33.3. The highest BCUT2D eigenvalue weighted by molar-refractivity contribution is 5.93. The minimum absolute atomic E-state index is 0.0320. The first-order chi connectivity index (χ1) is 11.6. The van der Waals surface area contributed by atoms with Crippen LogP contribution in [-0.2, 0) is 14.3 Å². The summed E-state index contributed by atoms with van der Waals surface area (Å²) in [6.45, 7) is 1.79. The number of aryl methyl sites for hydroxylation is 1. The molecule has 4 aliphatic carbocycles. The summed E-state index contributed by atoms with van der Waals surface area (Å²) in [7, 11) is 0. The van der Waals surface area contributed by atoms with E-state index in [4.69, 9.17) is 4.74 Å². The van der Waals surface area contributed by atoms with Crippen molar-refractivity contribution in [3.05, 3.63) is 29.8 Å². The van der Waals surface area contributed by atoms with Gasteiger partial charge in [-0.2, -0.15) is 0 Å². The second-order valence-corrected chi connectivity index (χ2v) is 7.98. The molecule has 0 aromatic heterocycles. The van der Waals surface area contributed by atoms with E-state index in [1.54, 1.807) is 0 Å². The standard InChI is InChI=1S/C20H25NO3/c1-12-3-2-4-17(5-12)21-18(22)11-24-20(23)19-15-7-13-6-14(9-15)10-16(19)8-13/h2-5,13-16,19H,6-11H2,1H3,(H,21,22). The number of esters is 1. The van der Waals surface area contributed by atoms with Gasteiger partial charge in [-0.05, 0) is 80.4 Å². The van der Waals surface area contributed by atoms with E-state index in [0.717, 1.165) is 23.1 Å². The van der Waals surface area contributed by atoms with Gasteiger partial charge < -0.3 is 10.1 Å². The summed E-state index contributed by atoms with van der Waals surface area (Å²) in [6.07, 6.45) is 6.10. The summed E-state index contributed by atoms with van der Waals surface area (Å²) in [6, 6.07) is 7.61.